The smallest absolute Gasteiger partial charge is 0.00164 e. The molecule has 0 aromatic heterocycles. The Morgan fingerprint density at radius 1 is 0.583 bits per heavy atom. The molecule has 0 saturated heterocycles. The first-order chi connectivity index (χ1) is 5.07. The minimum atomic E-state index is -0.538. The molecule has 4 heteroatoms. The van der Waals surface area contributed by atoms with Crippen molar-refractivity contribution in [3.63, 3.8) is 0 Å². The molecule has 0 aromatic carbocycles. The van der Waals surface area contributed by atoms with Gasteiger partial charge in [-0.3, -0.25) is 0 Å². The molecule has 0 spiro atoms. The van der Waals surface area contributed by atoms with Crippen molar-refractivity contribution in [3.8, 4) is 0 Å². The van der Waals surface area contributed by atoms with Gasteiger partial charge in [-0.25, -0.2) is 0 Å². The Hall–Kier alpha value is 1.72. The second-order valence-electron chi connectivity index (χ2n) is 4.86. The molecule has 0 aromatic rings. The maximum absolute atomic E-state index is 2.54. The standard InChI is InChI=1S/C8H24P4/c1-9(11(3,4)5)10(2)12(6,7)8/h1-8H3/q+2. The average molecular weight is 244 g/mol. The van der Waals surface area contributed by atoms with Crippen LogP contribution >= 0.6 is 28.5 Å². The molecule has 0 fully saturated rings. The van der Waals surface area contributed by atoms with E-state index in [1.54, 1.807) is 0 Å². The van der Waals surface area contributed by atoms with Gasteiger partial charge in [0.2, 0.25) is 0 Å². The van der Waals surface area contributed by atoms with Gasteiger partial charge in [0.05, 0.1) is 40.0 Å². The predicted molar refractivity (Wildman–Crippen MR) is 75.1 cm³/mol. The van der Waals surface area contributed by atoms with Crippen LogP contribution in [-0.2, 0) is 0 Å². The van der Waals surface area contributed by atoms with E-state index in [1.165, 1.54) is 0 Å². The van der Waals surface area contributed by atoms with Crippen molar-refractivity contribution >= 4 is 28.5 Å². The quantitative estimate of drug-likeness (QED) is 0.627. The first-order valence-corrected chi connectivity index (χ1v) is 16.1. The summed E-state index contributed by atoms with van der Waals surface area (Å²) in [5, 5.41) is 0. The van der Waals surface area contributed by atoms with Crippen molar-refractivity contribution in [2.24, 2.45) is 0 Å². The van der Waals surface area contributed by atoms with E-state index >= 15 is 0 Å². The topological polar surface area (TPSA) is 0 Å². The molecule has 2 atom stereocenters. The first-order valence-electron chi connectivity index (χ1n) is 4.18. The summed E-state index contributed by atoms with van der Waals surface area (Å²) in [6.45, 7) is 19.1. The van der Waals surface area contributed by atoms with Crippen LogP contribution in [0.3, 0.4) is 0 Å². The number of hydrogen-bond donors (Lipinski definition) is 0. The van der Waals surface area contributed by atoms with Crippen LogP contribution in [0.15, 0.2) is 0 Å². The lowest BCUT2D eigenvalue weighted by atomic mass is 11.9. The first kappa shape index (κ1) is 13.7. The molecule has 0 N–H and O–H groups in total. The summed E-state index contributed by atoms with van der Waals surface area (Å²) in [6.07, 6.45) is 0. The monoisotopic (exact) mass is 244 g/mol. The Bertz CT molecular complexity index is 124. The van der Waals surface area contributed by atoms with Crippen molar-refractivity contribution in [2.75, 3.05) is 53.3 Å². The van der Waals surface area contributed by atoms with Crippen molar-refractivity contribution in [2.45, 2.75) is 0 Å². The summed E-state index contributed by atoms with van der Waals surface area (Å²) >= 11 is 0. The maximum atomic E-state index is 2.54. The van der Waals surface area contributed by atoms with Gasteiger partial charge in [-0.05, 0) is 13.3 Å². The third-order valence-electron chi connectivity index (χ3n) is 2.16. The summed E-state index contributed by atoms with van der Waals surface area (Å²) in [7, 11) is 0.709. The minimum Gasteiger partial charge on any atom is -0.00164 e. The van der Waals surface area contributed by atoms with Crippen LogP contribution in [0.5, 0.6) is 0 Å². The molecule has 0 saturated carbocycles. The summed E-state index contributed by atoms with van der Waals surface area (Å²) in [5.74, 6) is 0. The Labute approximate surface area is 82.1 Å². The highest BCUT2D eigenvalue weighted by Crippen LogP contribution is 3.01. The second kappa shape index (κ2) is 4.49. The van der Waals surface area contributed by atoms with Crippen molar-refractivity contribution in [1.29, 1.82) is 0 Å². The molecule has 0 bridgehead atoms. The van der Waals surface area contributed by atoms with Gasteiger partial charge in [-0.2, -0.15) is 0 Å². The van der Waals surface area contributed by atoms with Crippen molar-refractivity contribution < 1.29 is 0 Å². The second-order valence-corrected chi connectivity index (χ2v) is 30.9. The van der Waals surface area contributed by atoms with E-state index in [9.17, 15) is 0 Å². The zero-order valence-electron chi connectivity index (χ0n) is 9.79. The fraction of sp³-hybridized carbons (Fsp3) is 1.00. The van der Waals surface area contributed by atoms with Gasteiger partial charge in [-0.1, -0.05) is 0 Å². The van der Waals surface area contributed by atoms with E-state index < -0.39 is 13.9 Å². The number of rotatable bonds is 3. The molecular weight excluding hydrogens is 220 g/mol. The van der Waals surface area contributed by atoms with Gasteiger partial charge in [0.25, 0.3) is 0 Å². The zero-order valence-corrected chi connectivity index (χ0v) is 13.4. The highest BCUT2D eigenvalue weighted by atomic mass is 32.7. The van der Waals surface area contributed by atoms with Crippen LogP contribution in [0.4, 0.5) is 0 Å². The van der Waals surface area contributed by atoms with Crippen LogP contribution in [0, 0.1) is 0 Å². The molecule has 0 aliphatic heterocycles. The zero-order chi connectivity index (χ0) is 10.2. The fourth-order valence-corrected chi connectivity index (χ4v) is 33.9. The minimum absolute atomic E-state index is 0.354. The van der Waals surface area contributed by atoms with Gasteiger partial charge in [0.1, 0.15) is 14.6 Å². The summed E-state index contributed by atoms with van der Waals surface area (Å²) in [6, 6.07) is 0. The van der Waals surface area contributed by atoms with E-state index in [0.717, 1.165) is 0 Å². The van der Waals surface area contributed by atoms with Crippen molar-refractivity contribution in [1.82, 2.24) is 0 Å². The van der Waals surface area contributed by atoms with Crippen LogP contribution in [0.2, 0.25) is 0 Å². The summed E-state index contributed by atoms with van der Waals surface area (Å²) in [4.78, 5) is 0. The van der Waals surface area contributed by atoms with Gasteiger partial charge in [0.15, 0.2) is 0 Å². The van der Waals surface area contributed by atoms with Gasteiger partial charge >= 0.3 is 0 Å². The van der Waals surface area contributed by atoms with E-state index in [-0.39, 0.29) is 0 Å². The molecule has 74 valence electrons. The predicted octanol–water partition coefficient (Wildman–Crippen LogP) is 4.77. The molecule has 12 heavy (non-hydrogen) atoms. The van der Waals surface area contributed by atoms with Crippen molar-refractivity contribution in [3.05, 3.63) is 0 Å². The lowest BCUT2D eigenvalue weighted by Gasteiger charge is -2.29. The van der Waals surface area contributed by atoms with Crippen LogP contribution < -0.4 is 0 Å². The molecule has 0 aliphatic rings. The van der Waals surface area contributed by atoms with Gasteiger partial charge in [-0.15, -0.1) is 0 Å². The van der Waals surface area contributed by atoms with E-state index in [1.807, 2.05) is 0 Å². The van der Waals surface area contributed by atoms with Gasteiger partial charge < -0.3 is 0 Å². The Morgan fingerprint density at radius 2 is 0.750 bits per heavy atom. The molecule has 0 rings (SSSR count). The highest BCUT2D eigenvalue weighted by molar-refractivity contribution is 8.81. The van der Waals surface area contributed by atoms with E-state index in [0.29, 0.717) is 14.6 Å². The highest BCUT2D eigenvalue weighted by Gasteiger charge is 2.43. The van der Waals surface area contributed by atoms with E-state index in [4.69, 9.17) is 0 Å². The Balaban J connectivity index is 4.41. The molecular formula is C8H24P4+2. The molecule has 0 amide bonds. The molecule has 2 unspecified atom stereocenters. The van der Waals surface area contributed by atoms with Crippen LogP contribution in [0.1, 0.15) is 0 Å². The normalized spacial score (nSPS) is 19.0. The van der Waals surface area contributed by atoms with Gasteiger partial charge in [0, 0.05) is 13.9 Å². The SMILES string of the molecule is CP(P(C)[P+](C)(C)C)[P+](C)(C)C. The third-order valence-corrected chi connectivity index (χ3v) is 35.2. The Kier molecular flexibility index (Phi) is 5.14. The Morgan fingerprint density at radius 3 is 0.833 bits per heavy atom. The third kappa shape index (κ3) is 4.29. The fourth-order valence-electron chi connectivity index (χ4n) is 0.777. The molecule has 0 aliphatic carbocycles. The lowest BCUT2D eigenvalue weighted by molar-refractivity contribution is 2.08. The summed E-state index contributed by atoms with van der Waals surface area (Å²) < 4.78 is 0. The molecule has 0 nitrogen and oxygen atoms in total. The van der Waals surface area contributed by atoms with Crippen LogP contribution in [0.25, 0.3) is 0 Å². The summed E-state index contributed by atoms with van der Waals surface area (Å²) in [5.41, 5.74) is 0. The lowest BCUT2D eigenvalue weighted by Crippen LogP contribution is -1.85. The average Bonchev–Trinajstić information content (AvgIpc) is 1.80. The maximum Gasteiger partial charge on any atom is 0.115 e. The number of hydrogen-bond acceptors (Lipinski definition) is 0. The van der Waals surface area contributed by atoms with E-state index in [2.05, 4.69) is 53.3 Å². The van der Waals surface area contributed by atoms with Crippen LogP contribution in [-0.4, -0.2) is 53.3 Å². The molecule has 0 heterocycles. The largest absolute Gasteiger partial charge is 0.115 e. The molecule has 0 radical (unpaired) electrons.